The van der Waals surface area contributed by atoms with Gasteiger partial charge in [0, 0.05) is 27.6 Å². The first kappa shape index (κ1) is 33.3. The van der Waals surface area contributed by atoms with Gasteiger partial charge in [-0.1, -0.05) is 164 Å². The minimum Gasteiger partial charge on any atom is -0.456 e. The third-order valence-corrected chi connectivity index (χ3v) is 11.7. The molecule has 0 N–H and O–H groups in total. The second kappa shape index (κ2) is 13.9. The number of para-hydroxylation sites is 1. The second-order valence-corrected chi connectivity index (χ2v) is 15.0. The molecule has 2 heterocycles. The van der Waals surface area contributed by atoms with E-state index in [4.69, 9.17) is 14.4 Å². The molecule has 0 atom stereocenters. The first-order chi connectivity index (χ1) is 28.3. The Morgan fingerprint density at radius 2 is 1.12 bits per heavy atom. The molecule has 8 aromatic carbocycles. The van der Waals surface area contributed by atoms with Crippen LogP contribution in [0, 0.1) is 0 Å². The van der Waals surface area contributed by atoms with Gasteiger partial charge in [0.15, 0.2) is 5.84 Å². The van der Waals surface area contributed by atoms with E-state index >= 15 is 0 Å². The molecule has 0 radical (unpaired) electrons. The number of aliphatic imine (C=N–C) groups is 2. The Morgan fingerprint density at radius 3 is 1.93 bits per heavy atom. The highest BCUT2D eigenvalue weighted by Crippen LogP contribution is 2.40. The molecule has 3 nitrogen and oxygen atoms in total. The van der Waals surface area contributed by atoms with Crippen molar-refractivity contribution < 1.29 is 4.42 Å². The van der Waals surface area contributed by atoms with Crippen molar-refractivity contribution in [2.45, 2.75) is 25.7 Å². The summed E-state index contributed by atoms with van der Waals surface area (Å²) in [6, 6.07) is 58.8. The maximum Gasteiger partial charge on any atom is 0.161 e. The summed E-state index contributed by atoms with van der Waals surface area (Å²) < 4.78 is 6.66. The monoisotopic (exact) mass is 730 g/mol. The van der Waals surface area contributed by atoms with Gasteiger partial charge in [-0.05, 0) is 98.5 Å². The van der Waals surface area contributed by atoms with Crippen molar-refractivity contribution in [2.75, 3.05) is 0 Å². The first-order valence-corrected chi connectivity index (χ1v) is 19.9. The molecule has 11 rings (SSSR count). The van der Waals surface area contributed by atoms with Crippen LogP contribution in [0.25, 0.3) is 77.3 Å². The van der Waals surface area contributed by atoms with E-state index in [1.807, 2.05) is 0 Å². The molecule has 0 amide bonds. The van der Waals surface area contributed by atoms with E-state index in [1.165, 1.54) is 43.6 Å². The van der Waals surface area contributed by atoms with Crippen molar-refractivity contribution in [2.24, 2.45) is 9.98 Å². The lowest BCUT2D eigenvalue weighted by Crippen LogP contribution is -2.12. The van der Waals surface area contributed by atoms with Crippen molar-refractivity contribution in [3.63, 3.8) is 0 Å². The lowest BCUT2D eigenvalue weighted by Gasteiger charge is -2.20. The fraction of sp³-hybridized carbons (Fsp3) is 0.0741. The molecule has 0 unspecified atom stereocenters. The summed E-state index contributed by atoms with van der Waals surface area (Å²) in [6.07, 6.45) is 10.1. The van der Waals surface area contributed by atoms with Crippen LogP contribution in [0.5, 0.6) is 0 Å². The lowest BCUT2D eigenvalue weighted by molar-refractivity contribution is 0.594. The van der Waals surface area contributed by atoms with Gasteiger partial charge in [0.2, 0.25) is 0 Å². The quantitative estimate of drug-likeness (QED) is 0.174. The molecule has 0 spiro atoms. The minimum absolute atomic E-state index is 0.691. The number of furan rings is 1. The summed E-state index contributed by atoms with van der Waals surface area (Å²) in [4.78, 5) is 11.5. The Morgan fingerprint density at radius 1 is 0.456 bits per heavy atom. The lowest BCUT2D eigenvalue weighted by atomic mass is 9.89. The van der Waals surface area contributed by atoms with Gasteiger partial charge in [0.1, 0.15) is 11.3 Å². The van der Waals surface area contributed by atoms with Crippen molar-refractivity contribution in [1.82, 2.24) is 0 Å². The molecule has 0 bridgehead atoms. The van der Waals surface area contributed by atoms with Crippen molar-refractivity contribution in [3.8, 4) is 22.3 Å². The second-order valence-electron chi connectivity index (χ2n) is 15.0. The standard InChI is InChI=1S/C54H38N2O/c1-2-15-36(16-3-1)43-32-30-37-17-6-8-20-41(37)51(43)49-26-13-25-48(47-24-12-23-46-45-22-10-11-27-50(45)57-53(46)47)55-54(56-49)52-42-21-9-7-18-38(42)31-33-44(52)40-29-28-35-14-4-5-19-39(35)34-40/h1-9,11-12,14-21,23-25,27-34H,10,13,22,26H2/b48-25-,55-54-,56-49-. The molecule has 9 aromatic rings. The van der Waals surface area contributed by atoms with Crippen LogP contribution in [0.3, 0.4) is 0 Å². The van der Waals surface area contributed by atoms with E-state index < -0.39 is 0 Å². The normalized spacial score (nSPS) is 17.0. The Balaban J connectivity index is 1.22. The van der Waals surface area contributed by atoms with Crippen LogP contribution >= 0.6 is 0 Å². The fourth-order valence-corrected chi connectivity index (χ4v) is 8.93. The molecule has 0 fully saturated rings. The number of aryl methyl sites for hydroxylation is 1. The number of fused-ring (bicyclic) bond motifs is 6. The molecule has 2 aliphatic rings. The molecule has 1 aliphatic heterocycles. The molecular weight excluding hydrogens is 693 g/mol. The van der Waals surface area contributed by atoms with Crippen LogP contribution in [0.1, 0.15) is 47.3 Å². The van der Waals surface area contributed by atoms with Gasteiger partial charge in [0.25, 0.3) is 0 Å². The number of benzene rings is 8. The summed E-state index contributed by atoms with van der Waals surface area (Å²) in [6.45, 7) is 0. The van der Waals surface area contributed by atoms with Gasteiger partial charge in [-0.15, -0.1) is 0 Å². The minimum atomic E-state index is 0.691. The van der Waals surface area contributed by atoms with E-state index in [9.17, 15) is 0 Å². The van der Waals surface area contributed by atoms with Crippen LogP contribution in [-0.2, 0) is 6.42 Å². The Labute approximate surface area is 331 Å². The van der Waals surface area contributed by atoms with E-state index in [-0.39, 0.29) is 0 Å². The maximum absolute atomic E-state index is 6.66. The molecule has 3 heteroatoms. The average molecular weight is 731 g/mol. The van der Waals surface area contributed by atoms with E-state index in [1.54, 1.807) is 0 Å². The summed E-state index contributed by atoms with van der Waals surface area (Å²) in [5.41, 5.74) is 11.8. The molecule has 0 saturated carbocycles. The van der Waals surface area contributed by atoms with Crippen LogP contribution in [0.4, 0.5) is 0 Å². The number of amidine groups is 1. The predicted octanol–water partition coefficient (Wildman–Crippen LogP) is 14.3. The van der Waals surface area contributed by atoms with Crippen LogP contribution in [0.2, 0.25) is 0 Å². The zero-order valence-corrected chi connectivity index (χ0v) is 31.5. The first-order valence-electron chi connectivity index (χ1n) is 19.9. The van der Waals surface area contributed by atoms with Gasteiger partial charge in [-0.25, -0.2) is 9.98 Å². The largest absolute Gasteiger partial charge is 0.456 e. The van der Waals surface area contributed by atoms with E-state index in [0.717, 1.165) is 87.0 Å². The van der Waals surface area contributed by atoms with Crippen LogP contribution < -0.4 is 0 Å². The zero-order valence-electron chi connectivity index (χ0n) is 31.5. The third kappa shape index (κ3) is 5.82. The van der Waals surface area contributed by atoms with Crippen LogP contribution in [-0.4, -0.2) is 11.5 Å². The Kier molecular flexibility index (Phi) is 8.10. The average Bonchev–Trinajstić information content (AvgIpc) is 3.65. The van der Waals surface area contributed by atoms with Gasteiger partial charge in [0.05, 0.1) is 11.4 Å². The predicted molar refractivity (Wildman–Crippen MR) is 240 cm³/mol. The number of hydrogen-bond acceptors (Lipinski definition) is 3. The highest BCUT2D eigenvalue weighted by Gasteiger charge is 2.24. The van der Waals surface area contributed by atoms with Crippen LogP contribution in [0.15, 0.2) is 190 Å². The Bertz CT molecular complexity index is 3180. The SMILES string of the molecule is C1=Cc2oc3c(C4=C/CC/C(c5c(-c6ccccc6)ccc6ccccc56)=N/C(c5c(-c6ccc7ccccc7c6)ccc6ccccc56)=N\4)cccc3c2CC1. The molecule has 1 aliphatic carbocycles. The molecule has 270 valence electrons. The van der Waals surface area contributed by atoms with Gasteiger partial charge in [-0.3, -0.25) is 0 Å². The highest BCUT2D eigenvalue weighted by atomic mass is 16.3. The third-order valence-electron chi connectivity index (χ3n) is 11.7. The summed E-state index contributed by atoms with van der Waals surface area (Å²) in [7, 11) is 0. The molecular formula is C54H38N2O. The zero-order chi connectivity index (χ0) is 37.7. The summed E-state index contributed by atoms with van der Waals surface area (Å²) in [5, 5.41) is 8.22. The highest BCUT2D eigenvalue weighted by molar-refractivity contribution is 6.25. The van der Waals surface area contributed by atoms with Crippen molar-refractivity contribution >= 4 is 66.6 Å². The number of nitrogens with zero attached hydrogens (tertiary/aromatic N) is 2. The van der Waals surface area contributed by atoms with E-state index in [2.05, 4.69) is 182 Å². The number of hydrogen-bond donors (Lipinski definition) is 0. The smallest absolute Gasteiger partial charge is 0.161 e. The fourth-order valence-electron chi connectivity index (χ4n) is 8.93. The number of rotatable bonds is 5. The van der Waals surface area contributed by atoms with Crippen molar-refractivity contribution in [3.05, 3.63) is 204 Å². The molecule has 1 aromatic heterocycles. The molecule has 0 saturated heterocycles. The Hall–Kier alpha value is -7.10. The van der Waals surface area contributed by atoms with Gasteiger partial charge < -0.3 is 4.42 Å². The van der Waals surface area contributed by atoms with Crippen molar-refractivity contribution in [1.29, 1.82) is 0 Å². The van der Waals surface area contributed by atoms with Gasteiger partial charge in [-0.2, -0.15) is 0 Å². The molecule has 57 heavy (non-hydrogen) atoms. The number of allylic oxidation sites excluding steroid dienone is 2. The summed E-state index contributed by atoms with van der Waals surface area (Å²) >= 11 is 0. The maximum atomic E-state index is 6.66. The van der Waals surface area contributed by atoms with Gasteiger partial charge >= 0.3 is 0 Å². The summed E-state index contributed by atoms with van der Waals surface area (Å²) in [5.74, 6) is 1.65. The van der Waals surface area contributed by atoms with E-state index in [0.29, 0.717) is 5.84 Å². The topological polar surface area (TPSA) is 37.9 Å².